The predicted octanol–water partition coefficient (Wildman–Crippen LogP) is 1.40. The van der Waals surface area contributed by atoms with E-state index in [-0.39, 0.29) is 0 Å². The molecule has 0 atom stereocenters. The maximum absolute atomic E-state index is 4.37. The van der Waals surface area contributed by atoms with Gasteiger partial charge in [0, 0.05) is 24.9 Å². The molecule has 0 aromatic heterocycles. The Kier molecular flexibility index (Phi) is 1.92. The molecule has 0 amide bonds. The number of hydrogen-bond acceptors (Lipinski definition) is 2. The van der Waals surface area contributed by atoms with E-state index in [1.165, 1.54) is 38.9 Å². The third kappa shape index (κ3) is 1.32. The largest absolute Gasteiger partial charge is 0.301 e. The molecule has 0 spiro atoms. The molecule has 1 aliphatic carbocycles. The van der Waals surface area contributed by atoms with Gasteiger partial charge in [0.2, 0.25) is 0 Å². The lowest BCUT2D eigenvalue weighted by Gasteiger charge is -2.40. The molecule has 0 bridgehead atoms. The lowest BCUT2D eigenvalue weighted by atomic mass is 9.84. The van der Waals surface area contributed by atoms with E-state index in [0.717, 1.165) is 5.92 Å². The van der Waals surface area contributed by atoms with Crippen molar-refractivity contribution in [2.24, 2.45) is 5.92 Å². The zero-order valence-electron chi connectivity index (χ0n) is 6.29. The second-order valence-corrected chi connectivity index (χ2v) is 4.40. The molecule has 0 N–H and O–H groups in total. The van der Waals surface area contributed by atoms with Crippen molar-refractivity contribution in [1.82, 2.24) is 4.90 Å². The second kappa shape index (κ2) is 2.74. The van der Waals surface area contributed by atoms with Crippen LogP contribution in [0.3, 0.4) is 0 Å². The Morgan fingerprint density at radius 3 is 2.40 bits per heavy atom. The molecular formula is C8H15NS. The number of likely N-dealkylation sites (tertiary alicyclic amines) is 1. The molecule has 2 fully saturated rings. The Morgan fingerprint density at radius 1 is 1.30 bits per heavy atom. The summed E-state index contributed by atoms with van der Waals surface area (Å²) in [6.45, 7) is 3.83. The third-order valence-corrected chi connectivity index (χ3v) is 3.01. The summed E-state index contributed by atoms with van der Waals surface area (Å²) in [5.74, 6) is 1.04. The van der Waals surface area contributed by atoms with Gasteiger partial charge in [0.05, 0.1) is 0 Å². The minimum absolute atomic E-state index is 0.681. The topological polar surface area (TPSA) is 3.24 Å². The van der Waals surface area contributed by atoms with E-state index in [1.54, 1.807) is 0 Å². The molecular weight excluding hydrogens is 142 g/mol. The third-order valence-electron chi connectivity index (χ3n) is 2.68. The van der Waals surface area contributed by atoms with Gasteiger partial charge in [-0.1, -0.05) is 6.42 Å². The van der Waals surface area contributed by atoms with Crippen molar-refractivity contribution in [2.75, 3.05) is 19.6 Å². The van der Waals surface area contributed by atoms with Gasteiger partial charge in [-0.25, -0.2) is 0 Å². The minimum atomic E-state index is 0.681. The summed E-state index contributed by atoms with van der Waals surface area (Å²) in [6.07, 6.45) is 4.43. The first-order valence-corrected chi connectivity index (χ1v) is 4.76. The highest BCUT2D eigenvalue weighted by atomic mass is 32.1. The molecule has 0 radical (unpaired) electrons. The first-order chi connectivity index (χ1) is 4.84. The average molecular weight is 157 g/mol. The molecule has 2 heteroatoms. The monoisotopic (exact) mass is 157 g/mol. The van der Waals surface area contributed by atoms with Gasteiger partial charge in [-0.3, -0.25) is 0 Å². The number of rotatable bonds is 2. The number of thiol groups is 1. The standard InChI is InChI=1S/C8H15NS/c10-8-5-9(6-8)4-7-2-1-3-7/h7-8,10H,1-6H2. The van der Waals surface area contributed by atoms with E-state index < -0.39 is 0 Å². The Labute approximate surface area is 68.2 Å². The highest BCUT2D eigenvalue weighted by Crippen LogP contribution is 2.28. The molecule has 1 aliphatic heterocycles. The van der Waals surface area contributed by atoms with E-state index in [2.05, 4.69) is 17.5 Å². The molecule has 0 aromatic carbocycles. The molecule has 0 unspecified atom stereocenters. The van der Waals surface area contributed by atoms with Crippen LogP contribution in [0.25, 0.3) is 0 Å². The fourth-order valence-corrected chi connectivity index (χ4v) is 2.19. The van der Waals surface area contributed by atoms with Crippen LogP contribution >= 0.6 is 12.6 Å². The van der Waals surface area contributed by atoms with Crippen LogP contribution in [-0.2, 0) is 0 Å². The molecule has 2 rings (SSSR count). The van der Waals surface area contributed by atoms with Crippen molar-refractivity contribution in [3.8, 4) is 0 Å². The van der Waals surface area contributed by atoms with Crippen LogP contribution in [0, 0.1) is 5.92 Å². The summed E-state index contributed by atoms with van der Waals surface area (Å²) in [5.41, 5.74) is 0. The second-order valence-electron chi connectivity index (χ2n) is 3.67. The zero-order chi connectivity index (χ0) is 6.97. The van der Waals surface area contributed by atoms with Crippen LogP contribution in [0.5, 0.6) is 0 Å². The Morgan fingerprint density at radius 2 is 2.00 bits per heavy atom. The molecule has 58 valence electrons. The fraction of sp³-hybridized carbons (Fsp3) is 1.00. The van der Waals surface area contributed by atoms with Gasteiger partial charge in [0.25, 0.3) is 0 Å². The maximum Gasteiger partial charge on any atom is 0.0272 e. The Bertz CT molecular complexity index is 116. The van der Waals surface area contributed by atoms with Crippen LogP contribution in [-0.4, -0.2) is 29.8 Å². The van der Waals surface area contributed by atoms with Gasteiger partial charge >= 0.3 is 0 Å². The summed E-state index contributed by atoms with van der Waals surface area (Å²) in [5, 5.41) is 0.681. The van der Waals surface area contributed by atoms with E-state index in [1.807, 2.05) is 0 Å². The van der Waals surface area contributed by atoms with E-state index in [9.17, 15) is 0 Å². The molecule has 1 saturated heterocycles. The van der Waals surface area contributed by atoms with Gasteiger partial charge in [0.15, 0.2) is 0 Å². The highest BCUT2D eigenvalue weighted by Gasteiger charge is 2.27. The summed E-state index contributed by atoms with van der Waals surface area (Å²) in [4.78, 5) is 2.53. The lowest BCUT2D eigenvalue weighted by molar-refractivity contribution is 0.127. The van der Waals surface area contributed by atoms with Gasteiger partial charge in [-0.2, -0.15) is 12.6 Å². The average Bonchev–Trinajstić information content (AvgIpc) is 1.72. The highest BCUT2D eigenvalue weighted by molar-refractivity contribution is 7.81. The van der Waals surface area contributed by atoms with Gasteiger partial charge in [-0.05, 0) is 18.8 Å². The van der Waals surface area contributed by atoms with Crippen molar-refractivity contribution in [2.45, 2.75) is 24.5 Å². The predicted molar refractivity (Wildman–Crippen MR) is 46.6 cm³/mol. The summed E-state index contributed by atoms with van der Waals surface area (Å²) < 4.78 is 0. The smallest absolute Gasteiger partial charge is 0.0272 e. The van der Waals surface area contributed by atoms with Crippen molar-refractivity contribution < 1.29 is 0 Å². The quantitative estimate of drug-likeness (QED) is 0.593. The van der Waals surface area contributed by atoms with Crippen LogP contribution in [0.4, 0.5) is 0 Å². The Hall–Kier alpha value is 0.310. The first kappa shape index (κ1) is 6.99. The summed E-state index contributed by atoms with van der Waals surface area (Å²) in [7, 11) is 0. The van der Waals surface area contributed by atoms with Crippen molar-refractivity contribution in [1.29, 1.82) is 0 Å². The zero-order valence-corrected chi connectivity index (χ0v) is 7.19. The fourth-order valence-electron chi connectivity index (χ4n) is 1.73. The van der Waals surface area contributed by atoms with Gasteiger partial charge < -0.3 is 4.90 Å². The number of hydrogen-bond donors (Lipinski definition) is 1. The minimum Gasteiger partial charge on any atom is -0.301 e. The normalized spacial score (nSPS) is 29.7. The van der Waals surface area contributed by atoms with Crippen LogP contribution in [0.1, 0.15) is 19.3 Å². The lowest BCUT2D eigenvalue weighted by Crippen LogP contribution is -2.50. The molecule has 0 aromatic rings. The molecule has 2 aliphatic rings. The molecule has 1 nitrogen and oxygen atoms in total. The van der Waals surface area contributed by atoms with E-state index >= 15 is 0 Å². The van der Waals surface area contributed by atoms with Crippen molar-refractivity contribution >= 4 is 12.6 Å². The van der Waals surface area contributed by atoms with Crippen LogP contribution < -0.4 is 0 Å². The summed E-state index contributed by atoms with van der Waals surface area (Å²) >= 11 is 4.37. The summed E-state index contributed by atoms with van der Waals surface area (Å²) in [6, 6.07) is 0. The van der Waals surface area contributed by atoms with Crippen LogP contribution in [0.2, 0.25) is 0 Å². The SMILES string of the molecule is SC1CN(CC2CCC2)C1. The Balaban J connectivity index is 1.62. The maximum atomic E-state index is 4.37. The molecule has 1 saturated carbocycles. The van der Waals surface area contributed by atoms with Crippen molar-refractivity contribution in [3.63, 3.8) is 0 Å². The van der Waals surface area contributed by atoms with E-state index in [4.69, 9.17) is 0 Å². The first-order valence-electron chi connectivity index (χ1n) is 4.25. The van der Waals surface area contributed by atoms with Gasteiger partial charge in [0.1, 0.15) is 0 Å². The van der Waals surface area contributed by atoms with Gasteiger partial charge in [-0.15, -0.1) is 0 Å². The van der Waals surface area contributed by atoms with Crippen LogP contribution in [0.15, 0.2) is 0 Å². The molecule has 1 heterocycles. The molecule has 10 heavy (non-hydrogen) atoms. The van der Waals surface area contributed by atoms with Crippen molar-refractivity contribution in [3.05, 3.63) is 0 Å². The number of nitrogens with zero attached hydrogens (tertiary/aromatic N) is 1. The van der Waals surface area contributed by atoms with E-state index in [0.29, 0.717) is 5.25 Å².